The van der Waals surface area contributed by atoms with Crippen molar-refractivity contribution in [1.82, 2.24) is 5.32 Å². The standard InChI is InChI=1S/C19H30N2O3S/c1-15-12-16(2)14-18(13-15)21(25(3,23)24)11-10-19(22)20-17-8-6-4-5-7-9-17/h12-14,17H,4-11H2,1-3H3,(H,20,22). The van der Waals surface area contributed by atoms with E-state index in [0.717, 1.165) is 36.8 Å². The van der Waals surface area contributed by atoms with Gasteiger partial charge < -0.3 is 5.32 Å². The van der Waals surface area contributed by atoms with Crippen LogP contribution in [-0.2, 0) is 14.8 Å². The summed E-state index contributed by atoms with van der Waals surface area (Å²) in [4.78, 5) is 12.3. The predicted octanol–water partition coefficient (Wildman–Crippen LogP) is 3.30. The van der Waals surface area contributed by atoms with Gasteiger partial charge >= 0.3 is 0 Å². The second-order valence-corrected chi connectivity index (χ2v) is 9.09. The average Bonchev–Trinajstić information content (AvgIpc) is 2.73. The summed E-state index contributed by atoms with van der Waals surface area (Å²) in [6.07, 6.45) is 8.20. The Morgan fingerprint density at radius 1 is 1.08 bits per heavy atom. The van der Waals surface area contributed by atoms with Crippen LogP contribution in [0.2, 0.25) is 0 Å². The highest BCUT2D eigenvalue weighted by Gasteiger charge is 2.20. The summed E-state index contributed by atoms with van der Waals surface area (Å²) in [7, 11) is -3.43. The molecule has 1 aliphatic rings. The first-order chi connectivity index (χ1) is 11.8. The van der Waals surface area contributed by atoms with Gasteiger partial charge in [-0.1, -0.05) is 31.7 Å². The number of hydrogen-bond donors (Lipinski definition) is 1. The molecule has 0 aromatic heterocycles. The Kier molecular flexibility index (Phi) is 6.87. The molecule has 1 aliphatic carbocycles. The summed E-state index contributed by atoms with van der Waals surface area (Å²) >= 11 is 0. The van der Waals surface area contributed by atoms with Crippen molar-refractivity contribution in [2.45, 2.75) is 64.8 Å². The molecule has 6 heteroatoms. The van der Waals surface area contributed by atoms with E-state index in [1.807, 2.05) is 32.0 Å². The second-order valence-electron chi connectivity index (χ2n) is 7.19. The number of anilines is 1. The van der Waals surface area contributed by atoms with E-state index in [-0.39, 0.29) is 24.9 Å². The lowest BCUT2D eigenvalue weighted by Gasteiger charge is -2.24. The molecule has 0 bridgehead atoms. The molecule has 0 heterocycles. The molecule has 1 N–H and O–H groups in total. The lowest BCUT2D eigenvalue weighted by molar-refractivity contribution is -0.121. The molecule has 0 atom stereocenters. The van der Waals surface area contributed by atoms with Crippen molar-refractivity contribution in [2.75, 3.05) is 17.1 Å². The van der Waals surface area contributed by atoms with Gasteiger partial charge in [-0.05, 0) is 49.9 Å². The minimum Gasteiger partial charge on any atom is -0.353 e. The smallest absolute Gasteiger partial charge is 0.232 e. The number of carbonyl (C=O) groups excluding carboxylic acids is 1. The quantitative estimate of drug-likeness (QED) is 0.786. The van der Waals surface area contributed by atoms with Gasteiger partial charge in [0.1, 0.15) is 0 Å². The van der Waals surface area contributed by atoms with E-state index in [9.17, 15) is 13.2 Å². The largest absolute Gasteiger partial charge is 0.353 e. The number of rotatable bonds is 6. The number of sulfonamides is 1. The van der Waals surface area contributed by atoms with Crippen LogP contribution in [0.15, 0.2) is 18.2 Å². The first-order valence-corrected chi connectivity index (χ1v) is 11.0. The van der Waals surface area contributed by atoms with Crippen LogP contribution in [0.1, 0.15) is 56.1 Å². The van der Waals surface area contributed by atoms with Gasteiger partial charge in [0.05, 0.1) is 11.9 Å². The molecule has 2 rings (SSSR count). The van der Waals surface area contributed by atoms with Crippen LogP contribution in [-0.4, -0.2) is 33.2 Å². The summed E-state index contributed by atoms with van der Waals surface area (Å²) in [5.41, 5.74) is 2.64. The molecule has 1 fully saturated rings. The maximum atomic E-state index is 12.3. The van der Waals surface area contributed by atoms with Crippen molar-refractivity contribution in [3.8, 4) is 0 Å². The predicted molar refractivity (Wildman–Crippen MR) is 102 cm³/mol. The van der Waals surface area contributed by atoms with E-state index >= 15 is 0 Å². The molecule has 140 valence electrons. The summed E-state index contributed by atoms with van der Waals surface area (Å²) in [6, 6.07) is 5.93. The van der Waals surface area contributed by atoms with E-state index in [4.69, 9.17) is 0 Å². The topological polar surface area (TPSA) is 66.5 Å². The van der Waals surface area contributed by atoms with Gasteiger partial charge in [-0.25, -0.2) is 8.42 Å². The zero-order valence-corrected chi connectivity index (χ0v) is 16.4. The highest BCUT2D eigenvalue weighted by atomic mass is 32.2. The molecule has 0 radical (unpaired) electrons. The van der Waals surface area contributed by atoms with Gasteiger partial charge in [0.2, 0.25) is 15.9 Å². The molecule has 5 nitrogen and oxygen atoms in total. The van der Waals surface area contributed by atoms with Crippen LogP contribution >= 0.6 is 0 Å². The average molecular weight is 367 g/mol. The van der Waals surface area contributed by atoms with Crippen molar-refractivity contribution in [3.63, 3.8) is 0 Å². The van der Waals surface area contributed by atoms with Crippen molar-refractivity contribution in [3.05, 3.63) is 29.3 Å². The molecular weight excluding hydrogens is 336 g/mol. The number of benzene rings is 1. The van der Waals surface area contributed by atoms with Crippen LogP contribution in [0.5, 0.6) is 0 Å². The molecule has 1 saturated carbocycles. The first kappa shape index (κ1) is 19.8. The molecular formula is C19H30N2O3S. The fraction of sp³-hybridized carbons (Fsp3) is 0.632. The van der Waals surface area contributed by atoms with Crippen molar-refractivity contribution in [1.29, 1.82) is 0 Å². The maximum Gasteiger partial charge on any atom is 0.232 e. The third kappa shape index (κ3) is 6.34. The van der Waals surface area contributed by atoms with Gasteiger partial charge in [-0.3, -0.25) is 9.10 Å². The van der Waals surface area contributed by atoms with Gasteiger partial charge in [0.25, 0.3) is 0 Å². The Labute approximate surface area is 151 Å². The number of amides is 1. The van der Waals surface area contributed by atoms with E-state index in [1.54, 1.807) is 0 Å². The molecule has 1 aromatic rings. The van der Waals surface area contributed by atoms with E-state index < -0.39 is 10.0 Å². The fourth-order valence-corrected chi connectivity index (χ4v) is 4.42. The normalized spacial score (nSPS) is 16.3. The molecule has 1 amide bonds. The zero-order valence-electron chi connectivity index (χ0n) is 15.5. The van der Waals surface area contributed by atoms with E-state index in [0.29, 0.717) is 5.69 Å². The number of aryl methyl sites for hydroxylation is 2. The summed E-state index contributed by atoms with van der Waals surface area (Å²) in [5.74, 6) is -0.0649. The van der Waals surface area contributed by atoms with Crippen LogP contribution in [0.4, 0.5) is 5.69 Å². The van der Waals surface area contributed by atoms with E-state index in [2.05, 4.69) is 5.32 Å². The summed E-state index contributed by atoms with van der Waals surface area (Å²) in [6.45, 7) is 4.05. The van der Waals surface area contributed by atoms with Crippen LogP contribution in [0, 0.1) is 13.8 Å². The zero-order chi connectivity index (χ0) is 18.4. The summed E-state index contributed by atoms with van der Waals surface area (Å²) in [5, 5.41) is 3.08. The van der Waals surface area contributed by atoms with Crippen molar-refractivity contribution < 1.29 is 13.2 Å². The van der Waals surface area contributed by atoms with Gasteiger partial charge in [0, 0.05) is 19.0 Å². The Morgan fingerprint density at radius 3 is 2.16 bits per heavy atom. The van der Waals surface area contributed by atoms with Gasteiger partial charge in [-0.2, -0.15) is 0 Å². The third-order valence-electron chi connectivity index (χ3n) is 4.66. The lowest BCUT2D eigenvalue weighted by Crippen LogP contribution is -2.38. The highest BCUT2D eigenvalue weighted by molar-refractivity contribution is 7.92. The minimum atomic E-state index is -3.43. The molecule has 0 saturated heterocycles. The first-order valence-electron chi connectivity index (χ1n) is 9.11. The number of nitrogens with one attached hydrogen (secondary N) is 1. The maximum absolute atomic E-state index is 12.3. The number of nitrogens with zero attached hydrogens (tertiary/aromatic N) is 1. The van der Waals surface area contributed by atoms with Crippen LogP contribution < -0.4 is 9.62 Å². The molecule has 1 aromatic carbocycles. The minimum absolute atomic E-state index is 0.0649. The molecule has 0 aliphatic heterocycles. The van der Waals surface area contributed by atoms with Gasteiger partial charge in [0.15, 0.2) is 0 Å². The SMILES string of the molecule is Cc1cc(C)cc(N(CCC(=O)NC2CCCCCC2)S(C)(=O)=O)c1. The Bertz CT molecular complexity index is 672. The molecule has 0 unspecified atom stereocenters. The van der Waals surface area contributed by atoms with Crippen LogP contribution in [0.25, 0.3) is 0 Å². The molecule has 25 heavy (non-hydrogen) atoms. The highest BCUT2D eigenvalue weighted by Crippen LogP contribution is 2.22. The number of carbonyl (C=O) groups is 1. The Morgan fingerprint density at radius 2 is 1.64 bits per heavy atom. The van der Waals surface area contributed by atoms with E-state index in [1.165, 1.54) is 23.4 Å². The number of hydrogen-bond acceptors (Lipinski definition) is 3. The van der Waals surface area contributed by atoms with Crippen LogP contribution in [0.3, 0.4) is 0 Å². The summed E-state index contributed by atoms with van der Waals surface area (Å²) < 4.78 is 25.7. The Balaban J connectivity index is 2.01. The monoisotopic (exact) mass is 366 g/mol. The fourth-order valence-electron chi connectivity index (χ4n) is 3.51. The third-order valence-corrected chi connectivity index (χ3v) is 5.85. The van der Waals surface area contributed by atoms with Gasteiger partial charge in [-0.15, -0.1) is 0 Å². The van der Waals surface area contributed by atoms with Crippen molar-refractivity contribution in [2.24, 2.45) is 0 Å². The van der Waals surface area contributed by atoms with Crippen molar-refractivity contribution >= 4 is 21.6 Å². The second kappa shape index (κ2) is 8.70. The molecule has 0 spiro atoms. The lowest BCUT2D eigenvalue weighted by atomic mass is 10.1. The Hall–Kier alpha value is -1.56.